The van der Waals surface area contributed by atoms with Crippen LogP contribution in [0.3, 0.4) is 0 Å². The first-order chi connectivity index (χ1) is 12.2. The zero-order valence-electron chi connectivity index (χ0n) is 15.2. The summed E-state index contributed by atoms with van der Waals surface area (Å²) in [5.74, 6) is -0.908. The van der Waals surface area contributed by atoms with Crippen molar-refractivity contribution in [3.8, 4) is 5.69 Å². The molecule has 7 heteroatoms. The topological polar surface area (TPSA) is 70.4 Å². The minimum absolute atomic E-state index is 0.287. The fraction of sp³-hybridized carbons (Fsp3) is 0.316. The van der Waals surface area contributed by atoms with Crippen molar-refractivity contribution in [3.63, 3.8) is 0 Å². The molecule has 1 heterocycles. The van der Waals surface area contributed by atoms with Crippen molar-refractivity contribution in [1.29, 1.82) is 0 Å². The Kier molecular flexibility index (Phi) is 6.21. The van der Waals surface area contributed by atoms with Gasteiger partial charge in [-0.15, -0.1) is 0 Å². The Balaban J connectivity index is 2.31. The number of rotatable bonds is 5. The van der Waals surface area contributed by atoms with Crippen LogP contribution in [0.2, 0.25) is 5.02 Å². The van der Waals surface area contributed by atoms with Crippen molar-refractivity contribution in [2.75, 3.05) is 6.61 Å². The van der Waals surface area contributed by atoms with Gasteiger partial charge in [0.25, 0.3) is 0 Å². The molecule has 0 spiro atoms. The molecule has 0 N–H and O–H groups in total. The number of carbonyl (C=O) groups excluding carboxylic acids is 2. The van der Waals surface area contributed by atoms with Gasteiger partial charge < -0.3 is 9.47 Å². The van der Waals surface area contributed by atoms with E-state index in [1.165, 1.54) is 17.0 Å². The van der Waals surface area contributed by atoms with Crippen molar-refractivity contribution in [1.82, 2.24) is 9.78 Å². The van der Waals surface area contributed by atoms with Crippen LogP contribution in [0.15, 0.2) is 36.7 Å². The molecule has 1 aromatic heterocycles. The van der Waals surface area contributed by atoms with Gasteiger partial charge in [0.05, 0.1) is 24.1 Å². The molecule has 0 radical (unpaired) electrons. The molecule has 1 aromatic carbocycles. The minimum atomic E-state index is -0.574. The lowest BCUT2D eigenvalue weighted by atomic mass is 10.1. The summed E-state index contributed by atoms with van der Waals surface area (Å²) < 4.78 is 11.7. The van der Waals surface area contributed by atoms with Crippen LogP contribution in [0.5, 0.6) is 0 Å². The SMILES string of the molecule is CCOC(=O)c1cnn(-c2ccc(Cl)cc2C=CC(=O)OC(C)(C)C)c1. The van der Waals surface area contributed by atoms with Crippen LogP contribution in [-0.4, -0.2) is 33.9 Å². The van der Waals surface area contributed by atoms with Crippen LogP contribution in [0, 0.1) is 0 Å². The van der Waals surface area contributed by atoms with Gasteiger partial charge in [-0.25, -0.2) is 14.3 Å². The third kappa shape index (κ3) is 5.46. The Labute approximate surface area is 157 Å². The summed E-state index contributed by atoms with van der Waals surface area (Å²) in [6.45, 7) is 7.41. The van der Waals surface area contributed by atoms with E-state index < -0.39 is 17.5 Å². The normalized spacial score (nSPS) is 11.6. The molecule has 0 atom stereocenters. The molecule has 6 nitrogen and oxygen atoms in total. The highest BCUT2D eigenvalue weighted by molar-refractivity contribution is 6.30. The third-order valence-electron chi connectivity index (χ3n) is 3.14. The summed E-state index contributed by atoms with van der Waals surface area (Å²) in [5.41, 5.74) is 1.07. The van der Waals surface area contributed by atoms with Crippen LogP contribution in [0.1, 0.15) is 43.6 Å². The fourth-order valence-corrected chi connectivity index (χ4v) is 2.32. The van der Waals surface area contributed by atoms with E-state index in [1.807, 2.05) is 0 Å². The monoisotopic (exact) mass is 376 g/mol. The molecule has 0 aliphatic carbocycles. The smallest absolute Gasteiger partial charge is 0.341 e. The van der Waals surface area contributed by atoms with Crippen molar-refractivity contribution < 1.29 is 19.1 Å². The molecule has 0 bridgehead atoms. The summed E-state index contributed by atoms with van der Waals surface area (Å²) in [7, 11) is 0. The molecule has 2 aromatic rings. The average Bonchev–Trinajstić information content (AvgIpc) is 3.01. The molecule has 0 amide bonds. The van der Waals surface area contributed by atoms with E-state index in [2.05, 4.69) is 5.10 Å². The van der Waals surface area contributed by atoms with Gasteiger partial charge in [-0.2, -0.15) is 5.10 Å². The van der Waals surface area contributed by atoms with Gasteiger partial charge in [0.2, 0.25) is 0 Å². The number of benzene rings is 1. The van der Waals surface area contributed by atoms with E-state index >= 15 is 0 Å². The number of carbonyl (C=O) groups is 2. The van der Waals surface area contributed by atoms with Crippen molar-refractivity contribution in [3.05, 3.63) is 52.8 Å². The molecule has 26 heavy (non-hydrogen) atoms. The highest BCUT2D eigenvalue weighted by Gasteiger charge is 2.15. The van der Waals surface area contributed by atoms with E-state index in [1.54, 1.807) is 58.2 Å². The number of hydrogen-bond donors (Lipinski definition) is 0. The zero-order chi connectivity index (χ0) is 19.3. The Morgan fingerprint density at radius 2 is 2.04 bits per heavy atom. The number of aromatic nitrogens is 2. The predicted octanol–water partition coefficient (Wildman–Crippen LogP) is 4.06. The zero-order valence-corrected chi connectivity index (χ0v) is 15.9. The fourth-order valence-electron chi connectivity index (χ4n) is 2.14. The first-order valence-electron chi connectivity index (χ1n) is 8.12. The van der Waals surface area contributed by atoms with Crippen molar-refractivity contribution in [2.24, 2.45) is 0 Å². The van der Waals surface area contributed by atoms with E-state index in [9.17, 15) is 9.59 Å². The van der Waals surface area contributed by atoms with Crippen LogP contribution in [-0.2, 0) is 14.3 Å². The Morgan fingerprint density at radius 3 is 2.69 bits per heavy atom. The molecular weight excluding hydrogens is 356 g/mol. The first-order valence-corrected chi connectivity index (χ1v) is 8.50. The Bertz CT molecular complexity index is 834. The van der Waals surface area contributed by atoms with Crippen molar-refractivity contribution >= 4 is 29.6 Å². The highest BCUT2D eigenvalue weighted by atomic mass is 35.5. The molecule has 0 fully saturated rings. The van der Waals surface area contributed by atoms with Gasteiger partial charge in [-0.05, 0) is 52.0 Å². The summed E-state index contributed by atoms with van der Waals surface area (Å²) in [4.78, 5) is 23.7. The number of hydrogen-bond acceptors (Lipinski definition) is 5. The van der Waals surface area contributed by atoms with Crippen LogP contribution in [0.25, 0.3) is 11.8 Å². The van der Waals surface area contributed by atoms with Gasteiger partial charge in [0.1, 0.15) is 5.60 Å². The summed E-state index contributed by atoms with van der Waals surface area (Å²) in [5, 5.41) is 4.70. The second-order valence-electron chi connectivity index (χ2n) is 6.46. The average molecular weight is 377 g/mol. The highest BCUT2D eigenvalue weighted by Crippen LogP contribution is 2.21. The summed E-state index contributed by atoms with van der Waals surface area (Å²) >= 11 is 6.07. The van der Waals surface area contributed by atoms with Crippen molar-refractivity contribution in [2.45, 2.75) is 33.3 Å². The maximum absolute atomic E-state index is 11.9. The van der Waals surface area contributed by atoms with Crippen LogP contribution in [0.4, 0.5) is 0 Å². The quantitative estimate of drug-likeness (QED) is 0.581. The largest absolute Gasteiger partial charge is 0.462 e. The third-order valence-corrected chi connectivity index (χ3v) is 3.37. The molecular formula is C19H21ClN2O4. The van der Waals surface area contributed by atoms with Gasteiger partial charge in [0, 0.05) is 22.9 Å². The summed E-state index contributed by atoms with van der Waals surface area (Å²) in [6.07, 6.45) is 5.91. The van der Waals surface area contributed by atoms with Crippen LogP contribution >= 0.6 is 11.6 Å². The minimum Gasteiger partial charge on any atom is -0.462 e. The van der Waals surface area contributed by atoms with Crippen LogP contribution < -0.4 is 0 Å². The van der Waals surface area contributed by atoms with E-state index in [-0.39, 0.29) is 6.61 Å². The van der Waals surface area contributed by atoms with Gasteiger partial charge in [-0.3, -0.25) is 0 Å². The van der Waals surface area contributed by atoms with E-state index in [4.69, 9.17) is 21.1 Å². The number of esters is 2. The van der Waals surface area contributed by atoms with Gasteiger partial charge in [0.15, 0.2) is 0 Å². The Morgan fingerprint density at radius 1 is 1.31 bits per heavy atom. The van der Waals surface area contributed by atoms with Gasteiger partial charge >= 0.3 is 11.9 Å². The number of nitrogens with zero attached hydrogens (tertiary/aromatic N) is 2. The predicted molar refractivity (Wildman–Crippen MR) is 99.4 cm³/mol. The molecule has 0 unspecified atom stereocenters. The lowest BCUT2D eigenvalue weighted by Gasteiger charge is -2.18. The summed E-state index contributed by atoms with van der Waals surface area (Å²) in [6, 6.07) is 5.15. The number of ether oxygens (including phenoxy) is 2. The second-order valence-corrected chi connectivity index (χ2v) is 6.90. The lowest BCUT2D eigenvalue weighted by Crippen LogP contribution is -2.22. The molecule has 0 aliphatic heterocycles. The molecule has 2 rings (SSSR count). The second kappa shape index (κ2) is 8.19. The first kappa shape index (κ1) is 19.7. The standard InChI is InChI=1S/C19H21ClN2O4/c1-5-25-18(24)14-11-21-22(12-14)16-8-7-15(20)10-13(16)6-9-17(23)26-19(2,3)4/h6-12H,5H2,1-4H3. The number of halogens is 1. The Hall–Kier alpha value is -2.60. The maximum Gasteiger partial charge on any atom is 0.341 e. The molecule has 0 saturated carbocycles. The maximum atomic E-state index is 11.9. The molecule has 138 valence electrons. The van der Waals surface area contributed by atoms with E-state index in [0.29, 0.717) is 21.8 Å². The molecule has 0 aliphatic rings. The molecule has 0 saturated heterocycles. The van der Waals surface area contributed by atoms with Gasteiger partial charge in [-0.1, -0.05) is 11.6 Å². The van der Waals surface area contributed by atoms with E-state index in [0.717, 1.165) is 0 Å². The lowest BCUT2D eigenvalue weighted by molar-refractivity contribution is -0.148.